The van der Waals surface area contributed by atoms with E-state index < -0.39 is 17.6 Å². The molecule has 1 heterocycles. The third kappa shape index (κ3) is 7.64. The minimum Gasteiger partial charge on any atom is -0.357 e. The second-order valence-corrected chi connectivity index (χ2v) is 6.06. The van der Waals surface area contributed by atoms with Crippen molar-refractivity contribution in [1.82, 2.24) is 20.4 Å². The number of halogens is 5. The highest BCUT2D eigenvalue weighted by atomic mass is 127. The summed E-state index contributed by atoms with van der Waals surface area (Å²) in [4.78, 5) is 4.19. The number of nitrogens with zero attached hydrogens (tertiary/aromatic N) is 3. The predicted octanol–water partition coefficient (Wildman–Crippen LogP) is 4.11. The SMILES string of the molecule is CCNC(=NCc1ccc(F)cc1C(F)(F)F)NCCCn1cc(C)cn1.I. The van der Waals surface area contributed by atoms with Crippen LogP contribution in [0.2, 0.25) is 0 Å². The molecule has 10 heteroatoms. The number of benzene rings is 1. The van der Waals surface area contributed by atoms with Gasteiger partial charge in [-0.05, 0) is 43.5 Å². The number of hydrogen-bond acceptors (Lipinski definition) is 2. The van der Waals surface area contributed by atoms with Gasteiger partial charge in [-0.1, -0.05) is 6.07 Å². The smallest absolute Gasteiger partial charge is 0.357 e. The third-order valence-electron chi connectivity index (χ3n) is 3.75. The lowest BCUT2D eigenvalue weighted by Crippen LogP contribution is -2.38. The number of aliphatic imine (C=N–C) groups is 1. The van der Waals surface area contributed by atoms with E-state index in [4.69, 9.17) is 0 Å². The maximum atomic E-state index is 13.2. The standard InChI is InChI=1S/C18H23F4N5.HI/c1-3-23-17(24-7-4-8-27-12-13(2)10-26-27)25-11-14-5-6-15(19)9-16(14)18(20,21)22;/h5-6,9-10,12H,3-4,7-8,11H2,1-2H3,(H2,23,24,25);1H. The Bertz CT molecular complexity index is 774. The Kier molecular flexibility index (Phi) is 9.70. The van der Waals surface area contributed by atoms with Gasteiger partial charge in [-0.3, -0.25) is 4.68 Å². The summed E-state index contributed by atoms with van der Waals surface area (Å²) < 4.78 is 54.2. The molecule has 0 unspecified atom stereocenters. The van der Waals surface area contributed by atoms with E-state index >= 15 is 0 Å². The van der Waals surface area contributed by atoms with Crippen LogP contribution in [0.15, 0.2) is 35.6 Å². The van der Waals surface area contributed by atoms with Crippen molar-refractivity contribution in [3.05, 3.63) is 53.1 Å². The van der Waals surface area contributed by atoms with Crippen LogP contribution in [0.5, 0.6) is 0 Å². The van der Waals surface area contributed by atoms with Gasteiger partial charge < -0.3 is 10.6 Å². The van der Waals surface area contributed by atoms with Crippen LogP contribution >= 0.6 is 24.0 Å². The second-order valence-electron chi connectivity index (χ2n) is 6.06. The Balaban J connectivity index is 0.00000392. The Morgan fingerprint density at radius 2 is 2.00 bits per heavy atom. The monoisotopic (exact) mass is 513 g/mol. The van der Waals surface area contributed by atoms with Crippen molar-refractivity contribution in [1.29, 1.82) is 0 Å². The molecule has 2 aromatic rings. The van der Waals surface area contributed by atoms with Gasteiger partial charge in [0.15, 0.2) is 5.96 Å². The first-order chi connectivity index (χ1) is 12.8. The Morgan fingerprint density at radius 1 is 1.25 bits per heavy atom. The number of aryl methyl sites for hydroxylation is 2. The molecule has 0 aliphatic rings. The summed E-state index contributed by atoms with van der Waals surface area (Å²) in [6, 6.07) is 2.62. The van der Waals surface area contributed by atoms with E-state index in [2.05, 4.69) is 20.7 Å². The zero-order chi connectivity index (χ0) is 19.9. The molecule has 0 saturated heterocycles. The highest BCUT2D eigenvalue weighted by Gasteiger charge is 2.33. The summed E-state index contributed by atoms with van der Waals surface area (Å²) in [7, 11) is 0. The molecule has 0 bridgehead atoms. The third-order valence-corrected chi connectivity index (χ3v) is 3.75. The first-order valence-corrected chi connectivity index (χ1v) is 8.66. The van der Waals surface area contributed by atoms with Gasteiger partial charge in [-0.15, -0.1) is 24.0 Å². The number of rotatable bonds is 7. The summed E-state index contributed by atoms with van der Waals surface area (Å²) in [5.74, 6) is -0.513. The quantitative estimate of drug-likeness (QED) is 0.193. The fourth-order valence-corrected chi connectivity index (χ4v) is 2.49. The first kappa shape index (κ1) is 24.2. The predicted molar refractivity (Wildman–Crippen MR) is 111 cm³/mol. The van der Waals surface area contributed by atoms with Gasteiger partial charge in [0.05, 0.1) is 18.3 Å². The van der Waals surface area contributed by atoms with Gasteiger partial charge in [0.2, 0.25) is 0 Å². The molecule has 2 N–H and O–H groups in total. The Morgan fingerprint density at radius 3 is 2.61 bits per heavy atom. The minimum absolute atomic E-state index is 0. The highest BCUT2D eigenvalue weighted by Crippen LogP contribution is 2.32. The van der Waals surface area contributed by atoms with Crippen LogP contribution in [0.1, 0.15) is 30.0 Å². The highest BCUT2D eigenvalue weighted by molar-refractivity contribution is 14.0. The van der Waals surface area contributed by atoms with Gasteiger partial charge in [0, 0.05) is 25.8 Å². The molecule has 0 aliphatic heterocycles. The van der Waals surface area contributed by atoms with E-state index in [9.17, 15) is 17.6 Å². The maximum Gasteiger partial charge on any atom is 0.416 e. The average Bonchev–Trinajstić information content (AvgIpc) is 3.01. The summed E-state index contributed by atoms with van der Waals surface area (Å²) >= 11 is 0. The lowest BCUT2D eigenvalue weighted by molar-refractivity contribution is -0.138. The molecule has 0 amide bonds. The summed E-state index contributed by atoms with van der Waals surface area (Å²) in [5.41, 5.74) is 0.00176. The van der Waals surface area contributed by atoms with Crippen LogP contribution in [0, 0.1) is 12.7 Å². The van der Waals surface area contributed by atoms with Crippen molar-refractivity contribution < 1.29 is 17.6 Å². The molecule has 0 fully saturated rings. The van der Waals surface area contributed by atoms with Gasteiger partial charge in [0.1, 0.15) is 5.82 Å². The van der Waals surface area contributed by atoms with Crippen molar-refractivity contribution in [3.8, 4) is 0 Å². The molecule has 0 atom stereocenters. The van der Waals surface area contributed by atoms with Crippen LogP contribution < -0.4 is 10.6 Å². The molecule has 2 rings (SSSR count). The molecular formula is C18H24F4IN5. The van der Waals surface area contributed by atoms with E-state index in [0.717, 1.165) is 30.7 Å². The zero-order valence-electron chi connectivity index (χ0n) is 15.7. The van der Waals surface area contributed by atoms with Crippen LogP contribution in [0.3, 0.4) is 0 Å². The van der Waals surface area contributed by atoms with Crippen LogP contribution in [0.4, 0.5) is 17.6 Å². The van der Waals surface area contributed by atoms with Crippen molar-refractivity contribution in [3.63, 3.8) is 0 Å². The molecule has 0 saturated carbocycles. The van der Waals surface area contributed by atoms with Crippen molar-refractivity contribution in [2.24, 2.45) is 4.99 Å². The number of hydrogen-bond donors (Lipinski definition) is 2. The average molecular weight is 513 g/mol. The zero-order valence-corrected chi connectivity index (χ0v) is 18.0. The number of nitrogens with one attached hydrogen (secondary N) is 2. The number of guanidine groups is 1. The molecule has 5 nitrogen and oxygen atoms in total. The molecule has 0 aliphatic carbocycles. The summed E-state index contributed by atoms with van der Waals surface area (Å²) in [6.45, 7) is 5.49. The van der Waals surface area contributed by atoms with Crippen molar-refractivity contribution in [2.75, 3.05) is 13.1 Å². The fraction of sp³-hybridized carbons (Fsp3) is 0.444. The van der Waals surface area contributed by atoms with Crippen molar-refractivity contribution >= 4 is 29.9 Å². The van der Waals surface area contributed by atoms with Crippen molar-refractivity contribution in [2.45, 2.75) is 39.5 Å². The van der Waals surface area contributed by atoms with E-state index in [0.29, 0.717) is 25.1 Å². The topological polar surface area (TPSA) is 54.2 Å². The molecule has 1 aromatic heterocycles. The molecule has 0 spiro atoms. The van der Waals surface area contributed by atoms with Gasteiger partial charge in [0.25, 0.3) is 0 Å². The van der Waals surface area contributed by atoms with Crippen LogP contribution in [-0.4, -0.2) is 28.8 Å². The van der Waals surface area contributed by atoms with E-state index in [1.807, 2.05) is 24.7 Å². The molecular weight excluding hydrogens is 489 g/mol. The van der Waals surface area contributed by atoms with Gasteiger partial charge in [-0.25, -0.2) is 9.38 Å². The first-order valence-electron chi connectivity index (χ1n) is 8.66. The number of aromatic nitrogens is 2. The normalized spacial score (nSPS) is 11.9. The molecule has 0 radical (unpaired) electrons. The van der Waals surface area contributed by atoms with Crippen LogP contribution in [-0.2, 0) is 19.3 Å². The van der Waals surface area contributed by atoms with Gasteiger partial charge >= 0.3 is 6.18 Å². The summed E-state index contributed by atoms with van der Waals surface area (Å²) in [6.07, 6.45) is -0.136. The molecule has 1 aromatic carbocycles. The number of alkyl halides is 3. The lowest BCUT2D eigenvalue weighted by Gasteiger charge is -2.14. The fourth-order valence-electron chi connectivity index (χ4n) is 2.49. The summed E-state index contributed by atoms with van der Waals surface area (Å²) in [5, 5.41) is 10.3. The minimum atomic E-state index is -4.62. The van der Waals surface area contributed by atoms with E-state index in [1.165, 1.54) is 0 Å². The van der Waals surface area contributed by atoms with E-state index in [1.54, 1.807) is 6.20 Å². The molecule has 156 valence electrons. The largest absolute Gasteiger partial charge is 0.416 e. The lowest BCUT2D eigenvalue weighted by atomic mass is 10.1. The Labute approximate surface area is 178 Å². The van der Waals surface area contributed by atoms with E-state index in [-0.39, 0.29) is 36.1 Å². The molecule has 28 heavy (non-hydrogen) atoms. The second kappa shape index (κ2) is 11.2. The van der Waals surface area contributed by atoms with Gasteiger partial charge in [-0.2, -0.15) is 18.3 Å². The Hall–Kier alpha value is -1.85. The van der Waals surface area contributed by atoms with Crippen LogP contribution in [0.25, 0.3) is 0 Å². The maximum absolute atomic E-state index is 13.2.